The van der Waals surface area contributed by atoms with Gasteiger partial charge in [-0.15, -0.1) is 0 Å². The second-order valence-corrected chi connectivity index (χ2v) is 10.8. The maximum Gasteiger partial charge on any atom is 0.327 e. The molecule has 4 amide bonds. The van der Waals surface area contributed by atoms with Gasteiger partial charge < -0.3 is 19.7 Å². The summed E-state index contributed by atoms with van der Waals surface area (Å²) in [5.41, 5.74) is 0.862. The van der Waals surface area contributed by atoms with Crippen LogP contribution in [0, 0.1) is 0 Å². The summed E-state index contributed by atoms with van der Waals surface area (Å²) in [5, 5.41) is 20.3. The summed E-state index contributed by atoms with van der Waals surface area (Å²) in [7, 11) is 2.97. The highest BCUT2D eigenvalue weighted by Gasteiger charge is 2.45. The van der Waals surface area contributed by atoms with E-state index >= 15 is 0 Å². The number of imide groups is 2. The van der Waals surface area contributed by atoms with Crippen molar-refractivity contribution >= 4 is 46.3 Å². The van der Waals surface area contributed by atoms with Crippen molar-refractivity contribution in [1.29, 1.82) is 0 Å². The molecule has 0 unspecified atom stereocenters. The van der Waals surface area contributed by atoms with Crippen molar-refractivity contribution in [3.8, 4) is 11.5 Å². The number of carbonyl (C=O) groups excluding carboxylic acids is 4. The molecule has 2 heterocycles. The summed E-state index contributed by atoms with van der Waals surface area (Å²) in [6.07, 6.45) is -0.357. The first-order valence-electron chi connectivity index (χ1n) is 14.1. The lowest BCUT2D eigenvalue weighted by Gasteiger charge is -2.35. The molecule has 46 heavy (non-hydrogen) atoms. The lowest BCUT2D eigenvalue weighted by molar-refractivity contribution is -0.142. The Morgan fingerprint density at radius 1 is 0.543 bits per heavy atom. The summed E-state index contributed by atoms with van der Waals surface area (Å²) in [6.45, 7) is 0. The van der Waals surface area contributed by atoms with Crippen molar-refractivity contribution in [2.24, 2.45) is 0 Å². The zero-order chi connectivity index (χ0) is 32.9. The van der Waals surface area contributed by atoms with E-state index in [1.54, 1.807) is 48.5 Å². The van der Waals surface area contributed by atoms with E-state index in [1.165, 1.54) is 38.5 Å². The van der Waals surface area contributed by atoms with Crippen LogP contribution in [-0.2, 0) is 22.4 Å². The number of carboxylic acid groups (broad SMARTS) is 2. The second kappa shape index (κ2) is 11.5. The number of hydrogen-bond donors (Lipinski definition) is 2. The van der Waals surface area contributed by atoms with Crippen molar-refractivity contribution < 1.29 is 48.5 Å². The fourth-order valence-electron chi connectivity index (χ4n) is 6.03. The maximum absolute atomic E-state index is 13.8. The molecule has 2 aliphatic heterocycles. The Hall–Kier alpha value is -6.04. The maximum atomic E-state index is 13.8. The molecule has 0 radical (unpaired) electrons. The molecule has 2 aliphatic rings. The Morgan fingerprint density at radius 3 is 1.07 bits per heavy atom. The van der Waals surface area contributed by atoms with Crippen LogP contribution in [-0.4, -0.2) is 81.9 Å². The van der Waals surface area contributed by atoms with Crippen LogP contribution in [0.5, 0.6) is 11.5 Å². The van der Waals surface area contributed by atoms with E-state index in [2.05, 4.69) is 0 Å². The number of methoxy groups -OCH3 is 2. The van der Waals surface area contributed by atoms with Crippen molar-refractivity contribution in [3.63, 3.8) is 0 Å². The average Bonchev–Trinajstić information content (AvgIpc) is 3.05. The van der Waals surface area contributed by atoms with Gasteiger partial charge in [0.25, 0.3) is 23.6 Å². The van der Waals surface area contributed by atoms with Gasteiger partial charge in [0.05, 0.1) is 14.2 Å². The van der Waals surface area contributed by atoms with Crippen molar-refractivity contribution in [1.82, 2.24) is 9.80 Å². The van der Waals surface area contributed by atoms with Gasteiger partial charge in [-0.25, -0.2) is 9.59 Å². The number of nitrogens with zero attached hydrogens (tertiary/aromatic N) is 2. The summed E-state index contributed by atoms with van der Waals surface area (Å²) < 4.78 is 10.3. The van der Waals surface area contributed by atoms with Crippen molar-refractivity contribution in [2.45, 2.75) is 24.9 Å². The topological polar surface area (TPSA) is 168 Å². The Labute approximate surface area is 261 Å². The van der Waals surface area contributed by atoms with Gasteiger partial charge in [-0.05, 0) is 59.7 Å². The first-order chi connectivity index (χ1) is 22.0. The van der Waals surface area contributed by atoms with Gasteiger partial charge >= 0.3 is 11.9 Å². The Balaban J connectivity index is 1.39. The summed E-state index contributed by atoms with van der Waals surface area (Å²) in [6, 6.07) is 15.1. The molecule has 0 bridgehead atoms. The monoisotopic (exact) mass is 622 g/mol. The molecule has 0 spiro atoms. The largest absolute Gasteiger partial charge is 0.497 e. The number of amides is 4. The zero-order valence-corrected chi connectivity index (χ0v) is 24.6. The quantitative estimate of drug-likeness (QED) is 0.250. The highest BCUT2D eigenvalue weighted by atomic mass is 16.5. The molecule has 6 rings (SSSR count). The number of benzene rings is 4. The molecule has 0 saturated carbocycles. The van der Waals surface area contributed by atoms with Crippen molar-refractivity contribution in [3.05, 3.63) is 106 Å². The highest BCUT2D eigenvalue weighted by molar-refractivity contribution is 6.34. The van der Waals surface area contributed by atoms with E-state index in [0.29, 0.717) is 32.4 Å². The highest BCUT2D eigenvalue weighted by Crippen LogP contribution is 2.39. The number of ether oxygens (including phenoxy) is 2. The Morgan fingerprint density at radius 2 is 0.826 bits per heavy atom. The molecule has 0 fully saturated rings. The van der Waals surface area contributed by atoms with Crippen LogP contribution < -0.4 is 9.47 Å². The molecule has 12 heteroatoms. The van der Waals surface area contributed by atoms with Gasteiger partial charge in [0.1, 0.15) is 23.6 Å². The fraction of sp³-hybridized carbons (Fsp3) is 0.176. The zero-order valence-electron chi connectivity index (χ0n) is 24.6. The summed E-state index contributed by atoms with van der Waals surface area (Å²) in [5.74, 6) is -5.28. The molecule has 2 atom stereocenters. The van der Waals surface area contributed by atoms with E-state index in [-0.39, 0.29) is 45.9 Å². The predicted octanol–water partition coefficient (Wildman–Crippen LogP) is 3.44. The third kappa shape index (κ3) is 4.80. The minimum Gasteiger partial charge on any atom is -0.497 e. The normalized spacial score (nSPS) is 15.2. The molecule has 4 aromatic rings. The molecule has 12 nitrogen and oxygen atoms in total. The van der Waals surface area contributed by atoms with Crippen molar-refractivity contribution in [2.75, 3.05) is 14.2 Å². The van der Waals surface area contributed by atoms with Gasteiger partial charge in [-0.1, -0.05) is 24.3 Å². The van der Waals surface area contributed by atoms with Crippen LogP contribution in [0.4, 0.5) is 0 Å². The molecule has 0 aromatic heterocycles. The van der Waals surface area contributed by atoms with E-state index in [4.69, 9.17) is 9.47 Å². The van der Waals surface area contributed by atoms with E-state index in [0.717, 1.165) is 0 Å². The average molecular weight is 623 g/mol. The fourth-order valence-corrected chi connectivity index (χ4v) is 6.03. The lowest BCUT2D eigenvalue weighted by atomic mass is 9.84. The Bertz CT molecular complexity index is 1750. The van der Waals surface area contributed by atoms with E-state index in [1.807, 2.05) is 0 Å². The van der Waals surface area contributed by atoms with Crippen LogP contribution in [0.2, 0.25) is 0 Å². The SMILES string of the molecule is COc1ccc(C[C@@H](C(=O)O)N2C(=O)c3ccc4c5c(ccc(c35)C2=O)C(=O)N([C@@H](Cc2ccc(OC)cc2)C(=O)O)C4=O)cc1. The molecule has 232 valence electrons. The smallest absolute Gasteiger partial charge is 0.327 e. The van der Waals surface area contributed by atoms with Gasteiger partial charge in [0.15, 0.2) is 0 Å². The van der Waals surface area contributed by atoms with Gasteiger partial charge in [0, 0.05) is 45.9 Å². The van der Waals surface area contributed by atoms with Gasteiger partial charge in [-0.3, -0.25) is 29.0 Å². The van der Waals surface area contributed by atoms with E-state index in [9.17, 15) is 39.0 Å². The summed E-state index contributed by atoms with van der Waals surface area (Å²) in [4.78, 5) is 81.4. The third-order valence-electron chi connectivity index (χ3n) is 8.33. The predicted molar refractivity (Wildman–Crippen MR) is 161 cm³/mol. The third-order valence-corrected chi connectivity index (χ3v) is 8.33. The second-order valence-electron chi connectivity index (χ2n) is 10.8. The van der Waals surface area contributed by atoms with Crippen LogP contribution in [0.3, 0.4) is 0 Å². The first-order valence-corrected chi connectivity index (χ1v) is 14.1. The number of carboxylic acids is 2. The number of rotatable bonds is 10. The molecule has 0 saturated heterocycles. The lowest BCUT2D eigenvalue weighted by Crippen LogP contribution is -2.53. The first kappa shape index (κ1) is 30.0. The van der Waals surface area contributed by atoms with Crippen LogP contribution >= 0.6 is 0 Å². The van der Waals surface area contributed by atoms with Gasteiger partial charge in [-0.2, -0.15) is 0 Å². The number of carbonyl (C=O) groups is 6. The van der Waals surface area contributed by atoms with Crippen LogP contribution in [0.15, 0.2) is 72.8 Å². The minimum absolute atomic E-state index is 0.0400. The molecular formula is C34H26N2O10. The molecule has 2 N–H and O–H groups in total. The Kier molecular flexibility index (Phi) is 7.48. The van der Waals surface area contributed by atoms with Crippen LogP contribution in [0.1, 0.15) is 52.6 Å². The number of hydrogen-bond acceptors (Lipinski definition) is 8. The minimum atomic E-state index is -1.56. The standard InChI is InChI=1S/C34H26N2O10/c1-45-19-7-3-17(4-8-19)15-25(33(41)42)35-29(37)21-11-13-23-28-24(14-12-22(27(21)28)30(35)38)32(40)36(31(23)39)26(34(43)44)16-18-5-9-20(46-2)10-6-18/h3-14,25-26H,15-16H2,1-2H3,(H,41,42)(H,43,44)/t25-,26-/m0/s1. The number of aliphatic carboxylic acids is 2. The molecular weight excluding hydrogens is 596 g/mol. The van der Waals surface area contributed by atoms with Crippen LogP contribution in [0.25, 0.3) is 10.8 Å². The van der Waals surface area contributed by atoms with Gasteiger partial charge in [0.2, 0.25) is 0 Å². The summed E-state index contributed by atoms with van der Waals surface area (Å²) >= 11 is 0. The molecule has 4 aromatic carbocycles. The van der Waals surface area contributed by atoms with E-state index < -0.39 is 47.7 Å². The molecule has 0 aliphatic carbocycles.